The SMILES string of the molecule is CCN(CC)S(=O)(=O)c1cccc(C(=O)NCCCN2CCN(C)CC2)c1. The third-order valence-corrected chi connectivity index (χ3v) is 7.02. The standard InChI is InChI=1S/C19H32N4O3S/c1-4-23(5-2)27(25,26)18-9-6-8-17(16-18)19(24)20-10-7-11-22-14-12-21(3)13-15-22/h6,8-9,16H,4-5,7,10-15H2,1-3H3,(H,20,24). The lowest BCUT2D eigenvalue weighted by Crippen LogP contribution is -2.45. The predicted octanol–water partition coefficient (Wildman–Crippen LogP) is 1.08. The molecular weight excluding hydrogens is 364 g/mol. The predicted molar refractivity (Wildman–Crippen MR) is 107 cm³/mol. The highest BCUT2D eigenvalue weighted by atomic mass is 32.2. The van der Waals surface area contributed by atoms with Crippen LogP contribution in [0.15, 0.2) is 29.2 Å². The first-order valence-electron chi connectivity index (χ1n) is 9.67. The van der Waals surface area contributed by atoms with Crippen molar-refractivity contribution in [3.8, 4) is 0 Å². The molecule has 7 nitrogen and oxygen atoms in total. The van der Waals surface area contributed by atoms with Gasteiger partial charge >= 0.3 is 0 Å². The van der Waals surface area contributed by atoms with Crippen LogP contribution in [0.5, 0.6) is 0 Å². The Morgan fingerprint density at radius 1 is 1.15 bits per heavy atom. The van der Waals surface area contributed by atoms with Gasteiger partial charge in [-0.3, -0.25) is 4.79 Å². The molecule has 1 aromatic carbocycles. The fraction of sp³-hybridized carbons (Fsp3) is 0.632. The number of sulfonamides is 1. The van der Waals surface area contributed by atoms with Crippen LogP contribution in [0.1, 0.15) is 30.6 Å². The van der Waals surface area contributed by atoms with E-state index in [0.29, 0.717) is 25.2 Å². The highest BCUT2D eigenvalue weighted by Crippen LogP contribution is 2.17. The van der Waals surface area contributed by atoms with Crippen LogP contribution in [0.25, 0.3) is 0 Å². The van der Waals surface area contributed by atoms with E-state index in [0.717, 1.165) is 39.1 Å². The molecule has 0 aliphatic carbocycles. The Kier molecular flexibility index (Phi) is 8.22. The number of nitrogens with one attached hydrogen (secondary N) is 1. The maximum Gasteiger partial charge on any atom is 0.251 e. The number of nitrogens with zero attached hydrogens (tertiary/aromatic N) is 3. The lowest BCUT2D eigenvalue weighted by Gasteiger charge is -2.32. The zero-order chi connectivity index (χ0) is 19.9. The van der Waals surface area contributed by atoms with Crippen LogP contribution in [0.4, 0.5) is 0 Å². The maximum absolute atomic E-state index is 12.6. The first-order chi connectivity index (χ1) is 12.9. The Balaban J connectivity index is 1.88. The zero-order valence-corrected chi connectivity index (χ0v) is 17.5. The van der Waals surface area contributed by atoms with E-state index in [4.69, 9.17) is 0 Å². The van der Waals surface area contributed by atoms with E-state index in [1.807, 2.05) is 0 Å². The van der Waals surface area contributed by atoms with Crippen LogP contribution in [0.3, 0.4) is 0 Å². The van der Waals surface area contributed by atoms with Crippen LogP contribution in [-0.4, -0.2) is 87.8 Å². The molecule has 1 saturated heterocycles. The number of rotatable bonds is 9. The normalized spacial score (nSPS) is 16.6. The molecular formula is C19H32N4O3S. The van der Waals surface area contributed by atoms with Gasteiger partial charge in [-0.15, -0.1) is 0 Å². The second-order valence-corrected chi connectivity index (χ2v) is 8.81. The fourth-order valence-electron chi connectivity index (χ4n) is 3.19. The summed E-state index contributed by atoms with van der Waals surface area (Å²) in [5.74, 6) is -0.232. The molecule has 1 N–H and O–H groups in total. The number of carbonyl (C=O) groups excluding carboxylic acids is 1. The van der Waals surface area contributed by atoms with Gasteiger partial charge in [0.1, 0.15) is 0 Å². The van der Waals surface area contributed by atoms with Gasteiger partial charge in [-0.25, -0.2) is 8.42 Å². The summed E-state index contributed by atoms with van der Waals surface area (Å²) in [7, 11) is -1.43. The molecule has 0 aromatic heterocycles. The lowest BCUT2D eigenvalue weighted by atomic mass is 10.2. The summed E-state index contributed by atoms with van der Waals surface area (Å²) in [6.07, 6.45) is 0.882. The summed E-state index contributed by atoms with van der Waals surface area (Å²) < 4.78 is 26.6. The average molecular weight is 397 g/mol. The van der Waals surface area contributed by atoms with Crippen molar-refractivity contribution in [2.45, 2.75) is 25.2 Å². The van der Waals surface area contributed by atoms with Crippen molar-refractivity contribution in [3.63, 3.8) is 0 Å². The first-order valence-corrected chi connectivity index (χ1v) is 11.1. The largest absolute Gasteiger partial charge is 0.352 e. The van der Waals surface area contributed by atoms with Gasteiger partial charge in [-0.2, -0.15) is 4.31 Å². The highest BCUT2D eigenvalue weighted by Gasteiger charge is 2.22. The number of piperazine rings is 1. The Morgan fingerprint density at radius 2 is 1.81 bits per heavy atom. The van der Waals surface area contributed by atoms with E-state index in [-0.39, 0.29) is 10.8 Å². The molecule has 1 aromatic rings. The Hall–Kier alpha value is -1.48. The molecule has 8 heteroatoms. The highest BCUT2D eigenvalue weighted by molar-refractivity contribution is 7.89. The minimum atomic E-state index is -3.56. The molecule has 0 atom stereocenters. The summed E-state index contributed by atoms with van der Waals surface area (Å²) in [6, 6.07) is 6.27. The Morgan fingerprint density at radius 3 is 2.44 bits per heavy atom. The maximum atomic E-state index is 12.6. The van der Waals surface area contributed by atoms with Gasteiger partial charge < -0.3 is 15.1 Å². The molecule has 1 aliphatic rings. The average Bonchev–Trinajstić information content (AvgIpc) is 2.67. The van der Waals surface area contributed by atoms with Crippen molar-refractivity contribution in [1.82, 2.24) is 19.4 Å². The number of carbonyl (C=O) groups is 1. The number of likely N-dealkylation sites (N-methyl/N-ethyl adjacent to an activating group) is 1. The molecule has 0 radical (unpaired) electrons. The Labute approximate surface area is 163 Å². The van der Waals surface area contributed by atoms with E-state index in [2.05, 4.69) is 22.2 Å². The van der Waals surface area contributed by atoms with E-state index in [1.54, 1.807) is 26.0 Å². The molecule has 0 saturated carbocycles. The third-order valence-electron chi connectivity index (χ3n) is 4.97. The van der Waals surface area contributed by atoms with Crippen molar-refractivity contribution in [2.24, 2.45) is 0 Å². The van der Waals surface area contributed by atoms with Gasteiger partial charge in [-0.1, -0.05) is 19.9 Å². The van der Waals surface area contributed by atoms with Gasteiger partial charge in [-0.05, 0) is 38.2 Å². The first kappa shape index (κ1) is 21.8. The van der Waals surface area contributed by atoms with Gasteiger partial charge in [0.05, 0.1) is 4.90 Å². The van der Waals surface area contributed by atoms with Gasteiger partial charge in [0.25, 0.3) is 5.91 Å². The number of hydrogen-bond donors (Lipinski definition) is 1. The molecule has 0 unspecified atom stereocenters. The zero-order valence-electron chi connectivity index (χ0n) is 16.6. The second-order valence-electron chi connectivity index (χ2n) is 6.87. The van der Waals surface area contributed by atoms with Crippen molar-refractivity contribution in [2.75, 3.05) is 59.4 Å². The number of benzene rings is 1. The fourth-order valence-corrected chi connectivity index (χ4v) is 4.69. The van der Waals surface area contributed by atoms with E-state index >= 15 is 0 Å². The van der Waals surface area contributed by atoms with Crippen LogP contribution in [0, 0.1) is 0 Å². The van der Waals surface area contributed by atoms with Crippen LogP contribution < -0.4 is 5.32 Å². The molecule has 1 fully saturated rings. The van der Waals surface area contributed by atoms with E-state index in [1.165, 1.54) is 16.4 Å². The summed E-state index contributed by atoms with van der Waals surface area (Å²) in [6.45, 7) is 10.3. The molecule has 1 heterocycles. The topological polar surface area (TPSA) is 73.0 Å². The minimum Gasteiger partial charge on any atom is -0.352 e. The molecule has 0 spiro atoms. The van der Waals surface area contributed by atoms with Crippen LogP contribution >= 0.6 is 0 Å². The quantitative estimate of drug-likeness (QED) is 0.633. The van der Waals surface area contributed by atoms with Crippen molar-refractivity contribution in [3.05, 3.63) is 29.8 Å². The molecule has 2 rings (SSSR count). The van der Waals surface area contributed by atoms with Crippen molar-refractivity contribution in [1.29, 1.82) is 0 Å². The van der Waals surface area contributed by atoms with Crippen molar-refractivity contribution < 1.29 is 13.2 Å². The number of amides is 1. The molecule has 27 heavy (non-hydrogen) atoms. The summed E-state index contributed by atoms with van der Waals surface area (Å²) in [5.41, 5.74) is 0.378. The van der Waals surface area contributed by atoms with Crippen molar-refractivity contribution >= 4 is 15.9 Å². The summed E-state index contributed by atoms with van der Waals surface area (Å²) in [5, 5.41) is 2.90. The van der Waals surface area contributed by atoms with Gasteiger partial charge in [0.15, 0.2) is 0 Å². The summed E-state index contributed by atoms with van der Waals surface area (Å²) >= 11 is 0. The van der Waals surface area contributed by atoms with E-state index in [9.17, 15) is 13.2 Å². The minimum absolute atomic E-state index is 0.163. The third kappa shape index (κ3) is 6.00. The molecule has 152 valence electrons. The van der Waals surface area contributed by atoms with E-state index < -0.39 is 10.0 Å². The van der Waals surface area contributed by atoms with Crippen LogP contribution in [-0.2, 0) is 10.0 Å². The van der Waals surface area contributed by atoms with Gasteiger partial charge in [0, 0.05) is 51.4 Å². The Bertz CT molecular complexity index is 711. The second kappa shape index (κ2) is 10.2. The van der Waals surface area contributed by atoms with Gasteiger partial charge in [0.2, 0.25) is 10.0 Å². The number of hydrogen-bond acceptors (Lipinski definition) is 5. The molecule has 1 amide bonds. The molecule has 0 bridgehead atoms. The smallest absolute Gasteiger partial charge is 0.251 e. The van der Waals surface area contributed by atoms with Crippen LogP contribution in [0.2, 0.25) is 0 Å². The summed E-state index contributed by atoms with van der Waals surface area (Å²) in [4.78, 5) is 17.3. The molecule has 1 aliphatic heterocycles. The monoisotopic (exact) mass is 396 g/mol. The lowest BCUT2D eigenvalue weighted by molar-refractivity contribution is 0.0949.